The Labute approximate surface area is 226 Å². The molecule has 3 N–H and O–H groups in total. The molecule has 8 nitrogen and oxygen atoms in total. The summed E-state index contributed by atoms with van der Waals surface area (Å²) in [5.74, 6) is 1.35. The van der Waals surface area contributed by atoms with E-state index < -0.39 is 12.1 Å². The number of ether oxygens (including phenoxy) is 1. The standard InChI is InChI=1S/C30H31FN6O2/c1-19-9-10-21-22(6-2-8-24(21)36-28(38)30(18-31)12-13-30)26(19)39-27-23(7-4-15-33-27)25-11-16-34-29(37-25)35-20-5-3-14-32-17-20/h2,4,6-11,15-16,20,32H,3,5,12-14,17-18H2,1H3,(H,36,38)(H,34,35,37)/t20-/m0/s1. The monoisotopic (exact) mass is 526 g/mol. The van der Waals surface area contributed by atoms with Gasteiger partial charge in [-0.2, -0.15) is 0 Å². The average molecular weight is 527 g/mol. The number of aromatic nitrogens is 3. The van der Waals surface area contributed by atoms with Gasteiger partial charge in [0.15, 0.2) is 0 Å². The van der Waals surface area contributed by atoms with Crippen LogP contribution in [0, 0.1) is 12.3 Å². The Morgan fingerprint density at radius 1 is 1.10 bits per heavy atom. The number of aryl methyl sites for hydroxylation is 1. The number of amides is 1. The lowest BCUT2D eigenvalue weighted by Gasteiger charge is -2.23. The van der Waals surface area contributed by atoms with Gasteiger partial charge in [-0.3, -0.25) is 4.79 Å². The van der Waals surface area contributed by atoms with E-state index in [0.717, 1.165) is 47.8 Å². The van der Waals surface area contributed by atoms with Crippen LogP contribution < -0.4 is 20.7 Å². The van der Waals surface area contributed by atoms with Gasteiger partial charge < -0.3 is 20.7 Å². The van der Waals surface area contributed by atoms with E-state index in [4.69, 9.17) is 9.72 Å². The lowest BCUT2D eigenvalue weighted by Crippen LogP contribution is -2.38. The Kier molecular flexibility index (Phi) is 6.83. The minimum Gasteiger partial charge on any atom is -0.437 e. The van der Waals surface area contributed by atoms with Gasteiger partial charge in [0, 0.05) is 41.4 Å². The number of piperidine rings is 1. The Morgan fingerprint density at radius 2 is 2.00 bits per heavy atom. The molecule has 2 aromatic heterocycles. The third kappa shape index (κ3) is 5.14. The second kappa shape index (κ2) is 10.6. The van der Waals surface area contributed by atoms with Crippen LogP contribution in [0.2, 0.25) is 0 Å². The molecule has 1 amide bonds. The molecule has 1 saturated carbocycles. The van der Waals surface area contributed by atoms with Crippen molar-refractivity contribution >= 4 is 28.3 Å². The van der Waals surface area contributed by atoms with Crippen molar-refractivity contribution < 1.29 is 13.9 Å². The molecule has 9 heteroatoms. The fourth-order valence-corrected chi connectivity index (χ4v) is 5.01. The van der Waals surface area contributed by atoms with Crippen molar-refractivity contribution in [3.05, 3.63) is 66.5 Å². The molecule has 2 aromatic carbocycles. The molecule has 2 aliphatic rings. The van der Waals surface area contributed by atoms with Gasteiger partial charge in [-0.25, -0.2) is 19.3 Å². The summed E-state index contributed by atoms with van der Waals surface area (Å²) < 4.78 is 20.0. The molecule has 0 bridgehead atoms. The first-order valence-electron chi connectivity index (χ1n) is 13.4. The molecule has 0 spiro atoms. The fraction of sp³-hybridized carbons (Fsp3) is 0.333. The SMILES string of the molecule is Cc1ccc2c(NC(=O)C3(CF)CC3)cccc2c1Oc1ncccc1-c1ccnc(N[C@H]2CCCNC2)n1. The fourth-order valence-electron chi connectivity index (χ4n) is 5.01. The van der Waals surface area contributed by atoms with Gasteiger partial charge in [0.25, 0.3) is 0 Å². The van der Waals surface area contributed by atoms with Crippen molar-refractivity contribution in [1.29, 1.82) is 0 Å². The van der Waals surface area contributed by atoms with Crippen LogP contribution in [0.15, 0.2) is 60.9 Å². The maximum atomic E-state index is 13.5. The zero-order valence-corrected chi connectivity index (χ0v) is 21.8. The summed E-state index contributed by atoms with van der Waals surface area (Å²) >= 11 is 0. The van der Waals surface area contributed by atoms with Crippen LogP contribution in [-0.2, 0) is 4.79 Å². The summed E-state index contributed by atoms with van der Waals surface area (Å²) in [5.41, 5.74) is 2.11. The number of anilines is 2. The Bertz CT molecular complexity index is 1520. The number of carbonyl (C=O) groups excluding carboxylic acids is 1. The van der Waals surface area contributed by atoms with Gasteiger partial charge in [-0.1, -0.05) is 24.3 Å². The van der Waals surface area contributed by atoms with Crippen molar-refractivity contribution in [2.24, 2.45) is 5.41 Å². The van der Waals surface area contributed by atoms with Crippen molar-refractivity contribution in [2.75, 3.05) is 30.4 Å². The molecule has 3 heterocycles. The van der Waals surface area contributed by atoms with Crippen molar-refractivity contribution in [3.63, 3.8) is 0 Å². The quantitative estimate of drug-likeness (QED) is 0.273. The summed E-state index contributed by atoms with van der Waals surface area (Å²) in [5, 5.41) is 11.4. The molecule has 200 valence electrons. The summed E-state index contributed by atoms with van der Waals surface area (Å²) in [4.78, 5) is 26.5. The number of fused-ring (bicyclic) bond motifs is 1. The number of nitrogens with one attached hydrogen (secondary N) is 3. The molecule has 1 atom stereocenters. The highest BCUT2D eigenvalue weighted by molar-refractivity contribution is 6.06. The number of benzene rings is 2. The van der Waals surface area contributed by atoms with Gasteiger partial charge in [0.05, 0.1) is 16.7 Å². The van der Waals surface area contributed by atoms with Crippen LogP contribution in [0.25, 0.3) is 22.0 Å². The minimum atomic E-state index is -0.881. The maximum absolute atomic E-state index is 13.5. The highest BCUT2D eigenvalue weighted by Crippen LogP contribution is 2.47. The summed E-state index contributed by atoms with van der Waals surface area (Å²) in [6.45, 7) is 3.24. The van der Waals surface area contributed by atoms with E-state index in [9.17, 15) is 9.18 Å². The van der Waals surface area contributed by atoms with Gasteiger partial charge in [-0.15, -0.1) is 0 Å². The molecule has 1 saturated heterocycles. The topological polar surface area (TPSA) is 101 Å². The molecule has 0 radical (unpaired) electrons. The number of pyridine rings is 1. The largest absolute Gasteiger partial charge is 0.437 e. The number of halogens is 1. The number of nitrogens with zero attached hydrogens (tertiary/aromatic N) is 3. The molecule has 2 fully saturated rings. The number of carbonyl (C=O) groups is 1. The zero-order chi connectivity index (χ0) is 26.8. The van der Waals surface area contributed by atoms with Crippen LogP contribution >= 0.6 is 0 Å². The summed E-state index contributed by atoms with van der Waals surface area (Å²) in [6, 6.07) is 15.4. The van der Waals surface area contributed by atoms with E-state index in [2.05, 4.69) is 25.9 Å². The highest BCUT2D eigenvalue weighted by atomic mass is 19.1. The molecular weight excluding hydrogens is 495 g/mol. The molecule has 0 unspecified atom stereocenters. The van der Waals surface area contributed by atoms with E-state index in [1.807, 2.05) is 55.5 Å². The second-order valence-corrected chi connectivity index (χ2v) is 10.4. The van der Waals surface area contributed by atoms with Crippen molar-refractivity contribution in [2.45, 2.75) is 38.6 Å². The van der Waals surface area contributed by atoms with E-state index in [1.165, 1.54) is 0 Å². The Hall–Kier alpha value is -4.11. The summed E-state index contributed by atoms with van der Waals surface area (Å²) in [6.07, 6.45) is 6.76. The van der Waals surface area contributed by atoms with E-state index in [-0.39, 0.29) is 11.9 Å². The third-order valence-electron chi connectivity index (χ3n) is 7.58. The molecule has 6 rings (SSSR count). The van der Waals surface area contributed by atoms with Crippen LogP contribution in [0.5, 0.6) is 11.6 Å². The first-order valence-corrected chi connectivity index (χ1v) is 13.4. The highest BCUT2D eigenvalue weighted by Gasteiger charge is 2.50. The van der Waals surface area contributed by atoms with Crippen LogP contribution in [0.3, 0.4) is 0 Å². The van der Waals surface area contributed by atoms with Crippen LogP contribution in [0.1, 0.15) is 31.2 Å². The average Bonchev–Trinajstić information content (AvgIpc) is 3.77. The van der Waals surface area contributed by atoms with E-state index >= 15 is 0 Å². The number of rotatable bonds is 8. The lowest BCUT2D eigenvalue weighted by molar-refractivity contribution is -0.121. The maximum Gasteiger partial charge on any atom is 0.233 e. The number of alkyl halides is 1. The second-order valence-electron chi connectivity index (χ2n) is 10.4. The summed E-state index contributed by atoms with van der Waals surface area (Å²) in [7, 11) is 0. The zero-order valence-electron chi connectivity index (χ0n) is 21.8. The lowest BCUT2D eigenvalue weighted by atomic mass is 10.0. The molecule has 1 aliphatic heterocycles. The minimum absolute atomic E-state index is 0.273. The van der Waals surface area contributed by atoms with E-state index in [0.29, 0.717) is 41.8 Å². The first kappa shape index (κ1) is 25.2. The van der Waals surface area contributed by atoms with Gasteiger partial charge in [0.2, 0.25) is 17.7 Å². The van der Waals surface area contributed by atoms with Crippen molar-refractivity contribution in [1.82, 2.24) is 20.3 Å². The van der Waals surface area contributed by atoms with Crippen LogP contribution in [0.4, 0.5) is 16.0 Å². The van der Waals surface area contributed by atoms with Gasteiger partial charge in [-0.05, 0) is 69.0 Å². The van der Waals surface area contributed by atoms with E-state index in [1.54, 1.807) is 12.4 Å². The Morgan fingerprint density at radius 3 is 2.79 bits per heavy atom. The molecule has 39 heavy (non-hydrogen) atoms. The number of hydrogen-bond donors (Lipinski definition) is 3. The smallest absolute Gasteiger partial charge is 0.233 e. The third-order valence-corrected chi connectivity index (χ3v) is 7.58. The predicted molar refractivity (Wildman–Crippen MR) is 150 cm³/mol. The van der Waals surface area contributed by atoms with Crippen molar-refractivity contribution in [3.8, 4) is 22.9 Å². The first-order chi connectivity index (χ1) is 19.1. The van der Waals surface area contributed by atoms with Gasteiger partial charge >= 0.3 is 0 Å². The molecule has 1 aliphatic carbocycles. The normalized spacial score (nSPS) is 17.9. The van der Waals surface area contributed by atoms with Crippen LogP contribution in [-0.4, -0.2) is 46.7 Å². The van der Waals surface area contributed by atoms with Gasteiger partial charge in [0.1, 0.15) is 12.4 Å². The Balaban J connectivity index is 1.31. The molecular formula is C30H31FN6O2. The number of hydrogen-bond acceptors (Lipinski definition) is 7. The molecule has 4 aromatic rings. The predicted octanol–water partition coefficient (Wildman–Crippen LogP) is 5.64.